The number of fused-ring (bicyclic) bond motifs is 3. The number of benzene rings is 2. The van der Waals surface area contributed by atoms with Crippen LogP contribution in [0.15, 0.2) is 59.4 Å². The third-order valence-electron chi connectivity index (χ3n) is 12.0. The van der Waals surface area contributed by atoms with Crippen molar-refractivity contribution in [3.63, 3.8) is 0 Å². The van der Waals surface area contributed by atoms with Crippen LogP contribution in [0.4, 0.5) is 17.3 Å². The van der Waals surface area contributed by atoms with Gasteiger partial charge in [-0.15, -0.1) is 0 Å². The molecule has 13 nitrogen and oxygen atoms in total. The number of piperidine rings is 3. The average molecular weight is 716 g/mol. The van der Waals surface area contributed by atoms with Gasteiger partial charge >= 0.3 is 0 Å². The molecular weight excluding hydrogens is 670 g/mol. The van der Waals surface area contributed by atoms with E-state index < -0.39 is 11.8 Å². The lowest BCUT2D eigenvalue weighted by atomic mass is 9.79. The molecule has 2 aromatic carbocycles. The Labute approximate surface area is 307 Å². The van der Waals surface area contributed by atoms with E-state index in [1.807, 2.05) is 6.07 Å². The molecule has 0 bridgehead atoms. The van der Waals surface area contributed by atoms with Crippen molar-refractivity contribution < 1.29 is 18.9 Å². The summed E-state index contributed by atoms with van der Waals surface area (Å²) in [5.41, 5.74) is 10.4. The largest absolute Gasteiger partial charge is 0.364 e. The molecule has 1 saturated carbocycles. The summed E-state index contributed by atoms with van der Waals surface area (Å²) < 4.78 is 8.02. The standard InChI is InChI=1S/C40H45N9O4/c41-38(51)37-39(44-33(22-42-37)48-15-2-1-3-16-48)43-27-6-4-25(5-7-27)26-12-17-47(18-13-26)23-24-20-28(21-24)49-19-14-29-31(49)9-10-32-35(29)36(46-53-32)30-8-11-34(50)45-40(30)52/h4-7,9-10,14,19,22,24,26,28,30H,1-3,8,11-13,15-18,20-21,23H2,(H2,41,51)(H,43,44)(H,45,50,52). The highest BCUT2D eigenvalue weighted by molar-refractivity contribution is 6.09. The smallest absolute Gasteiger partial charge is 0.271 e. The number of likely N-dealkylation sites (tertiary alicyclic amines) is 1. The van der Waals surface area contributed by atoms with Crippen LogP contribution in [0.25, 0.3) is 21.9 Å². The number of carbonyl (C=O) groups is 3. The van der Waals surface area contributed by atoms with Crippen LogP contribution in [0.2, 0.25) is 0 Å². The van der Waals surface area contributed by atoms with Gasteiger partial charge in [0.05, 0.1) is 17.5 Å². The van der Waals surface area contributed by atoms with Gasteiger partial charge in [-0.3, -0.25) is 19.7 Å². The normalized spacial score (nSPS) is 22.9. The summed E-state index contributed by atoms with van der Waals surface area (Å²) >= 11 is 0. The van der Waals surface area contributed by atoms with Gasteiger partial charge in [0.2, 0.25) is 11.8 Å². The third kappa shape index (κ3) is 6.51. The van der Waals surface area contributed by atoms with Gasteiger partial charge in [-0.05, 0) is 112 Å². The van der Waals surface area contributed by atoms with Crippen molar-refractivity contribution in [2.75, 3.05) is 42.9 Å². The molecule has 9 rings (SSSR count). The molecule has 3 amide bonds. The minimum absolute atomic E-state index is 0.149. The first-order valence-electron chi connectivity index (χ1n) is 19.1. The van der Waals surface area contributed by atoms with Crippen LogP contribution < -0.4 is 21.3 Å². The Balaban J connectivity index is 0.790. The first-order valence-corrected chi connectivity index (χ1v) is 19.1. The molecular formula is C40H45N9O4. The van der Waals surface area contributed by atoms with E-state index in [1.165, 1.54) is 12.0 Å². The molecule has 274 valence electrons. The lowest BCUT2D eigenvalue weighted by molar-refractivity contribution is -0.134. The summed E-state index contributed by atoms with van der Waals surface area (Å²) in [6, 6.07) is 15.1. The van der Waals surface area contributed by atoms with Gasteiger partial charge in [-0.25, -0.2) is 9.97 Å². The Hall–Kier alpha value is -5.30. The van der Waals surface area contributed by atoms with Crippen LogP contribution in [0, 0.1) is 5.92 Å². The van der Waals surface area contributed by atoms with E-state index in [1.54, 1.807) is 6.20 Å². The van der Waals surface area contributed by atoms with Crippen molar-refractivity contribution in [2.24, 2.45) is 11.7 Å². The van der Waals surface area contributed by atoms with E-state index in [-0.39, 0.29) is 17.5 Å². The minimum Gasteiger partial charge on any atom is -0.364 e. The summed E-state index contributed by atoms with van der Waals surface area (Å²) in [6.07, 6.45) is 12.6. The van der Waals surface area contributed by atoms with Crippen LogP contribution in [0.1, 0.15) is 97.4 Å². The molecule has 13 heteroatoms. The number of rotatable bonds is 9. The topological polar surface area (TPSA) is 165 Å². The van der Waals surface area contributed by atoms with Gasteiger partial charge in [-0.2, -0.15) is 0 Å². The number of amides is 3. The number of hydrogen-bond acceptors (Lipinski definition) is 10. The number of nitrogens with two attached hydrogens (primary N) is 1. The molecule has 1 unspecified atom stereocenters. The van der Waals surface area contributed by atoms with Gasteiger partial charge in [0.1, 0.15) is 11.5 Å². The van der Waals surface area contributed by atoms with E-state index in [9.17, 15) is 14.4 Å². The number of carbonyl (C=O) groups excluding carboxylic acids is 3. The molecule has 3 aliphatic heterocycles. The van der Waals surface area contributed by atoms with Crippen molar-refractivity contribution >= 4 is 56.9 Å². The predicted molar refractivity (Wildman–Crippen MR) is 201 cm³/mol. The second kappa shape index (κ2) is 13.9. The summed E-state index contributed by atoms with van der Waals surface area (Å²) in [6.45, 7) is 5.19. The number of aromatic nitrogens is 4. The predicted octanol–water partition coefficient (Wildman–Crippen LogP) is 5.76. The molecule has 4 aliphatic rings. The Morgan fingerprint density at radius 3 is 2.51 bits per heavy atom. The zero-order valence-corrected chi connectivity index (χ0v) is 29.8. The Morgan fingerprint density at radius 2 is 1.75 bits per heavy atom. The molecule has 53 heavy (non-hydrogen) atoms. The van der Waals surface area contributed by atoms with E-state index >= 15 is 0 Å². The van der Waals surface area contributed by atoms with Crippen LogP contribution in [0.3, 0.4) is 0 Å². The van der Waals surface area contributed by atoms with Crippen LogP contribution in [-0.2, 0) is 9.59 Å². The fraction of sp³-hybridized carbons (Fsp3) is 0.450. The van der Waals surface area contributed by atoms with E-state index in [0.29, 0.717) is 47.8 Å². The molecule has 5 aromatic rings. The number of hydrogen-bond donors (Lipinski definition) is 3. The van der Waals surface area contributed by atoms with Crippen molar-refractivity contribution in [2.45, 2.75) is 75.7 Å². The van der Waals surface area contributed by atoms with Crippen LogP contribution in [-0.4, -0.2) is 75.0 Å². The zero-order chi connectivity index (χ0) is 36.1. The molecule has 0 spiro atoms. The van der Waals surface area contributed by atoms with Gasteiger partial charge < -0.3 is 29.9 Å². The van der Waals surface area contributed by atoms with Gasteiger partial charge in [0.15, 0.2) is 17.1 Å². The van der Waals surface area contributed by atoms with E-state index in [4.69, 9.17) is 15.2 Å². The maximum Gasteiger partial charge on any atom is 0.271 e. The zero-order valence-electron chi connectivity index (χ0n) is 29.8. The molecule has 1 atom stereocenters. The maximum absolute atomic E-state index is 12.6. The number of nitrogens with zero attached hydrogens (tertiary/aromatic N) is 6. The lowest BCUT2D eigenvalue weighted by Gasteiger charge is -2.41. The summed E-state index contributed by atoms with van der Waals surface area (Å²) in [5, 5.41) is 12.0. The van der Waals surface area contributed by atoms with E-state index in [0.717, 1.165) is 99.0 Å². The molecule has 4 N–H and O–H groups in total. The average Bonchev–Trinajstić information content (AvgIpc) is 3.78. The second-order valence-corrected chi connectivity index (χ2v) is 15.3. The van der Waals surface area contributed by atoms with Gasteiger partial charge in [0.25, 0.3) is 5.91 Å². The number of primary amides is 1. The van der Waals surface area contributed by atoms with Crippen LogP contribution in [0.5, 0.6) is 0 Å². The monoisotopic (exact) mass is 715 g/mol. The van der Waals surface area contributed by atoms with Crippen molar-refractivity contribution in [3.05, 3.63) is 71.8 Å². The summed E-state index contributed by atoms with van der Waals surface area (Å²) in [5.74, 6) is 0.739. The van der Waals surface area contributed by atoms with Crippen molar-refractivity contribution in [3.8, 4) is 0 Å². The Bertz CT molecular complexity index is 2170. The number of anilines is 3. The molecule has 1 aliphatic carbocycles. The molecule has 4 fully saturated rings. The fourth-order valence-electron chi connectivity index (χ4n) is 9.00. The summed E-state index contributed by atoms with van der Waals surface area (Å²) in [7, 11) is 0. The SMILES string of the molecule is NC(=O)c1ncc(N2CCCCC2)nc1Nc1ccc(C2CCN(CC3CC(n4ccc5c6c(C7CCC(=O)NC7=O)noc6ccc54)C3)CC2)cc1. The Kier molecular flexibility index (Phi) is 8.81. The Morgan fingerprint density at radius 1 is 0.962 bits per heavy atom. The lowest BCUT2D eigenvalue weighted by Crippen LogP contribution is -2.40. The quantitative estimate of drug-likeness (QED) is 0.160. The summed E-state index contributed by atoms with van der Waals surface area (Å²) in [4.78, 5) is 50.5. The van der Waals surface area contributed by atoms with Crippen molar-refractivity contribution in [1.82, 2.24) is 29.9 Å². The number of imide groups is 1. The third-order valence-corrected chi connectivity index (χ3v) is 12.0. The number of nitrogens with one attached hydrogen (secondary N) is 2. The first-order chi connectivity index (χ1) is 25.9. The van der Waals surface area contributed by atoms with E-state index in [2.05, 4.69) is 77.7 Å². The highest BCUT2D eigenvalue weighted by atomic mass is 16.5. The fourth-order valence-corrected chi connectivity index (χ4v) is 9.00. The van der Waals surface area contributed by atoms with Gasteiger partial charge in [0, 0.05) is 54.9 Å². The highest BCUT2D eigenvalue weighted by Gasteiger charge is 2.35. The maximum atomic E-state index is 12.6. The molecule has 3 saturated heterocycles. The minimum atomic E-state index is -0.597. The molecule has 3 aromatic heterocycles. The first kappa shape index (κ1) is 33.5. The van der Waals surface area contributed by atoms with Crippen molar-refractivity contribution in [1.29, 1.82) is 0 Å². The molecule has 0 radical (unpaired) electrons. The molecule has 6 heterocycles. The second-order valence-electron chi connectivity index (χ2n) is 15.3. The van der Waals surface area contributed by atoms with Crippen LogP contribution >= 0.6 is 0 Å². The highest BCUT2D eigenvalue weighted by Crippen LogP contribution is 2.43. The van der Waals surface area contributed by atoms with Gasteiger partial charge in [-0.1, -0.05) is 17.3 Å².